The van der Waals surface area contributed by atoms with Gasteiger partial charge in [0.05, 0.1) is 12.8 Å². The molecule has 2 N–H and O–H groups in total. The third kappa shape index (κ3) is 5.58. The second-order valence-electron chi connectivity index (χ2n) is 5.13. The maximum absolute atomic E-state index is 11.6. The molecule has 0 amide bonds. The van der Waals surface area contributed by atoms with Gasteiger partial charge in [-0.15, -0.1) is 0 Å². The Kier molecular flexibility index (Phi) is 6.35. The second-order valence-corrected chi connectivity index (χ2v) is 5.13. The minimum atomic E-state index is -0.184. The molecule has 0 aliphatic rings. The first kappa shape index (κ1) is 16.7. The highest BCUT2D eigenvalue weighted by Crippen LogP contribution is 2.12. The molecule has 1 aromatic carbocycles. The summed E-state index contributed by atoms with van der Waals surface area (Å²) in [5.41, 5.74) is 4.23. The standard InChI is InChI=1S/C17H22N4O2/c1-3-6-14-11-16(22)20-17(19-14)21-18-12-13-7-5-8-15(10-13)23-9-4-2/h5,7-8,10-12H,3-4,6,9H2,1-2H3,(H2,19,20,21,22)/b18-12+. The summed E-state index contributed by atoms with van der Waals surface area (Å²) in [6, 6.07) is 9.16. The fraction of sp³-hybridized carbons (Fsp3) is 0.353. The zero-order valence-corrected chi connectivity index (χ0v) is 13.5. The lowest BCUT2D eigenvalue weighted by molar-refractivity contribution is 0.317. The molecule has 0 saturated carbocycles. The number of hydrogen-bond donors (Lipinski definition) is 2. The van der Waals surface area contributed by atoms with E-state index in [1.54, 1.807) is 6.21 Å². The van der Waals surface area contributed by atoms with E-state index >= 15 is 0 Å². The van der Waals surface area contributed by atoms with Crippen LogP contribution in [0.15, 0.2) is 40.2 Å². The SMILES string of the molecule is CCCOc1cccc(/C=N/Nc2nc(CCC)cc(=O)[nH]2)c1. The van der Waals surface area contributed by atoms with Crippen LogP contribution in [0.5, 0.6) is 5.75 Å². The van der Waals surface area contributed by atoms with Crippen molar-refractivity contribution >= 4 is 12.2 Å². The number of rotatable bonds is 8. The highest BCUT2D eigenvalue weighted by Gasteiger charge is 1.99. The van der Waals surface area contributed by atoms with Crippen LogP contribution in [-0.2, 0) is 6.42 Å². The summed E-state index contributed by atoms with van der Waals surface area (Å²) >= 11 is 0. The maximum atomic E-state index is 11.6. The molecule has 0 atom stereocenters. The first-order chi connectivity index (χ1) is 11.2. The van der Waals surface area contributed by atoms with Crippen LogP contribution in [0.2, 0.25) is 0 Å². The molecule has 0 saturated heterocycles. The van der Waals surface area contributed by atoms with Crippen molar-refractivity contribution in [2.75, 3.05) is 12.0 Å². The van der Waals surface area contributed by atoms with Crippen LogP contribution >= 0.6 is 0 Å². The average Bonchev–Trinajstić information content (AvgIpc) is 2.53. The molecular formula is C17H22N4O2. The van der Waals surface area contributed by atoms with E-state index in [4.69, 9.17) is 4.74 Å². The van der Waals surface area contributed by atoms with Crippen LogP contribution in [-0.4, -0.2) is 22.8 Å². The molecular weight excluding hydrogens is 292 g/mol. The van der Waals surface area contributed by atoms with Gasteiger partial charge in [0.25, 0.3) is 5.56 Å². The lowest BCUT2D eigenvalue weighted by Gasteiger charge is -2.05. The monoisotopic (exact) mass is 314 g/mol. The van der Waals surface area contributed by atoms with E-state index in [-0.39, 0.29) is 5.56 Å². The van der Waals surface area contributed by atoms with Crippen molar-refractivity contribution in [3.63, 3.8) is 0 Å². The van der Waals surface area contributed by atoms with Crippen molar-refractivity contribution in [1.82, 2.24) is 9.97 Å². The summed E-state index contributed by atoms with van der Waals surface area (Å²) in [6.07, 6.45) is 4.32. The Morgan fingerprint density at radius 2 is 2.17 bits per heavy atom. The molecule has 1 aromatic heterocycles. The highest BCUT2D eigenvalue weighted by atomic mass is 16.5. The van der Waals surface area contributed by atoms with Gasteiger partial charge in [-0.2, -0.15) is 5.10 Å². The Bertz CT molecular complexity index is 710. The topological polar surface area (TPSA) is 79.4 Å². The van der Waals surface area contributed by atoms with Gasteiger partial charge in [0.15, 0.2) is 0 Å². The number of nitrogens with zero attached hydrogens (tertiary/aromatic N) is 2. The molecule has 2 rings (SSSR count). The Labute approximate surface area is 135 Å². The molecule has 1 heterocycles. The van der Waals surface area contributed by atoms with Gasteiger partial charge in [-0.3, -0.25) is 9.78 Å². The van der Waals surface area contributed by atoms with Crippen molar-refractivity contribution in [2.45, 2.75) is 33.1 Å². The zero-order valence-electron chi connectivity index (χ0n) is 13.5. The van der Waals surface area contributed by atoms with Crippen LogP contribution in [0.4, 0.5) is 5.95 Å². The summed E-state index contributed by atoms with van der Waals surface area (Å²) in [5.74, 6) is 1.16. The maximum Gasteiger partial charge on any atom is 0.252 e. The second kappa shape index (κ2) is 8.73. The highest BCUT2D eigenvalue weighted by molar-refractivity contribution is 5.80. The molecule has 0 spiro atoms. The molecule has 0 aliphatic heterocycles. The van der Waals surface area contributed by atoms with Gasteiger partial charge in [-0.05, 0) is 30.5 Å². The van der Waals surface area contributed by atoms with Gasteiger partial charge in [0.1, 0.15) is 5.75 Å². The van der Waals surface area contributed by atoms with Gasteiger partial charge in [0.2, 0.25) is 5.95 Å². The molecule has 0 bridgehead atoms. The number of H-pyrrole nitrogens is 1. The number of nitrogens with one attached hydrogen (secondary N) is 2. The lowest BCUT2D eigenvalue weighted by Crippen LogP contribution is -2.11. The Hall–Kier alpha value is -2.63. The van der Waals surface area contributed by atoms with Crippen molar-refractivity contribution in [1.29, 1.82) is 0 Å². The van der Waals surface area contributed by atoms with Crippen molar-refractivity contribution in [3.05, 3.63) is 51.9 Å². The van der Waals surface area contributed by atoms with E-state index in [0.29, 0.717) is 12.6 Å². The van der Waals surface area contributed by atoms with Gasteiger partial charge < -0.3 is 4.74 Å². The van der Waals surface area contributed by atoms with Crippen LogP contribution in [0.3, 0.4) is 0 Å². The summed E-state index contributed by atoms with van der Waals surface area (Å²) in [4.78, 5) is 18.5. The summed E-state index contributed by atoms with van der Waals surface area (Å²) in [6.45, 7) is 4.80. The molecule has 0 aliphatic carbocycles. The number of hydrogen-bond acceptors (Lipinski definition) is 5. The van der Waals surface area contributed by atoms with E-state index in [1.165, 1.54) is 6.07 Å². The quantitative estimate of drug-likeness (QED) is 0.580. The molecule has 23 heavy (non-hydrogen) atoms. The van der Waals surface area contributed by atoms with Gasteiger partial charge in [-0.25, -0.2) is 10.4 Å². The molecule has 0 radical (unpaired) electrons. The summed E-state index contributed by atoms with van der Waals surface area (Å²) in [7, 11) is 0. The normalized spacial score (nSPS) is 10.9. The van der Waals surface area contributed by atoms with Crippen LogP contribution in [0, 0.1) is 0 Å². The van der Waals surface area contributed by atoms with E-state index in [1.807, 2.05) is 31.2 Å². The van der Waals surface area contributed by atoms with E-state index in [2.05, 4.69) is 27.4 Å². The lowest BCUT2D eigenvalue weighted by atomic mass is 10.2. The number of aromatic nitrogens is 2. The van der Waals surface area contributed by atoms with Crippen LogP contribution < -0.4 is 15.7 Å². The number of hydrazone groups is 1. The molecule has 6 heteroatoms. The number of ether oxygens (including phenoxy) is 1. The number of benzene rings is 1. The first-order valence-corrected chi connectivity index (χ1v) is 7.83. The number of aromatic amines is 1. The number of anilines is 1. The fourth-order valence-electron chi connectivity index (χ4n) is 2.02. The molecule has 122 valence electrons. The summed E-state index contributed by atoms with van der Waals surface area (Å²) < 4.78 is 5.58. The van der Waals surface area contributed by atoms with Crippen molar-refractivity contribution < 1.29 is 4.74 Å². The van der Waals surface area contributed by atoms with Gasteiger partial charge >= 0.3 is 0 Å². The van der Waals surface area contributed by atoms with Gasteiger partial charge in [-0.1, -0.05) is 32.4 Å². The molecule has 2 aromatic rings. The Morgan fingerprint density at radius 3 is 2.96 bits per heavy atom. The van der Waals surface area contributed by atoms with E-state index in [0.717, 1.165) is 36.3 Å². The first-order valence-electron chi connectivity index (χ1n) is 7.83. The minimum Gasteiger partial charge on any atom is -0.494 e. The zero-order chi connectivity index (χ0) is 16.5. The minimum absolute atomic E-state index is 0.184. The Balaban J connectivity index is 2.02. The van der Waals surface area contributed by atoms with Crippen LogP contribution in [0.25, 0.3) is 0 Å². The number of aryl methyl sites for hydroxylation is 1. The molecule has 6 nitrogen and oxygen atoms in total. The third-order valence-corrected chi connectivity index (χ3v) is 3.02. The molecule has 0 unspecified atom stereocenters. The Morgan fingerprint density at radius 1 is 1.30 bits per heavy atom. The van der Waals surface area contributed by atoms with Crippen LogP contribution in [0.1, 0.15) is 37.9 Å². The van der Waals surface area contributed by atoms with Crippen molar-refractivity contribution in [3.8, 4) is 5.75 Å². The third-order valence-electron chi connectivity index (χ3n) is 3.02. The molecule has 0 fully saturated rings. The van der Waals surface area contributed by atoms with Gasteiger partial charge in [0, 0.05) is 11.8 Å². The predicted molar refractivity (Wildman–Crippen MR) is 92.3 cm³/mol. The van der Waals surface area contributed by atoms with E-state index in [9.17, 15) is 4.79 Å². The summed E-state index contributed by atoms with van der Waals surface area (Å²) in [5, 5.41) is 4.11. The fourth-order valence-corrected chi connectivity index (χ4v) is 2.02. The predicted octanol–water partition coefficient (Wildman–Crippen LogP) is 2.96. The van der Waals surface area contributed by atoms with E-state index < -0.39 is 0 Å². The largest absolute Gasteiger partial charge is 0.494 e. The van der Waals surface area contributed by atoms with Crippen molar-refractivity contribution in [2.24, 2.45) is 5.10 Å². The smallest absolute Gasteiger partial charge is 0.252 e. The average molecular weight is 314 g/mol.